The van der Waals surface area contributed by atoms with E-state index in [2.05, 4.69) is 43.5 Å². The number of carboxylic acid groups (broad SMARTS) is 1. The van der Waals surface area contributed by atoms with Crippen LogP contribution in [0.3, 0.4) is 0 Å². The molecule has 5 nitrogen and oxygen atoms in total. The van der Waals surface area contributed by atoms with Crippen molar-refractivity contribution < 1.29 is 14.6 Å². The molecular formula is C16H28N2O3Si. The first kappa shape index (κ1) is 18.6. The summed E-state index contributed by atoms with van der Waals surface area (Å²) in [5.74, 6) is 0.153. The lowest BCUT2D eigenvalue weighted by atomic mass is 10.0. The molecule has 2 unspecified atom stereocenters. The molecule has 0 bridgehead atoms. The van der Waals surface area contributed by atoms with E-state index in [1.807, 2.05) is 0 Å². The van der Waals surface area contributed by atoms with E-state index in [9.17, 15) is 4.79 Å². The first-order chi connectivity index (χ1) is 10.2. The number of hydrogen-bond acceptors (Lipinski definition) is 3. The Morgan fingerprint density at radius 1 is 1.50 bits per heavy atom. The minimum absolute atomic E-state index is 0.0756. The number of carboxylic acids is 1. The third-order valence-corrected chi connectivity index (χ3v) is 5.30. The molecule has 2 atom stereocenters. The first-order valence-corrected chi connectivity index (χ1v) is 11.5. The molecule has 1 aromatic heterocycles. The van der Waals surface area contributed by atoms with E-state index in [1.54, 1.807) is 6.20 Å². The summed E-state index contributed by atoms with van der Waals surface area (Å²) in [6.07, 6.45) is 5.18. The van der Waals surface area contributed by atoms with Crippen LogP contribution in [-0.4, -0.2) is 35.7 Å². The van der Waals surface area contributed by atoms with Gasteiger partial charge < -0.3 is 14.8 Å². The van der Waals surface area contributed by atoms with Gasteiger partial charge in [0.2, 0.25) is 0 Å². The average molecular weight is 324 g/mol. The number of hydrogen-bond donors (Lipinski definition) is 2. The summed E-state index contributed by atoms with van der Waals surface area (Å²) in [5.41, 5.74) is 0.680. The van der Waals surface area contributed by atoms with Crippen molar-refractivity contribution >= 4 is 20.1 Å². The zero-order valence-corrected chi connectivity index (χ0v) is 15.2. The number of aromatic amines is 1. The zero-order chi connectivity index (χ0) is 16.8. The highest BCUT2D eigenvalue weighted by Gasteiger charge is 2.23. The Labute approximate surface area is 133 Å². The van der Waals surface area contributed by atoms with Crippen molar-refractivity contribution in [2.24, 2.45) is 5.92 Å². The van der Waals surface area contributed by atoms with E-state index < -0.39 is 14.0 Å². The second kappa shape index (κ2) is 8.29. The Hall–Kier alpha value is -1.40. The van der Waals surface area contributed by atoms with Gasteiger partial charge in [-0.25, -0.2) is 9.78 Å². The van der Waals surface area contributed by atoms with Crippen LogP contribution in [0.15, 0.2) is 12.3 Å². The Morgan fingerprint density at radius 2 is 2.18 bits per heavy atom. The number of aliphatic carboxylic acids is 1. The second-order valence-electron chi connectivity index (χ2n) is 6.88. The van der Waals surface area contributed by atoms with Gasteiger partial charge in [0.1, 0.15) is 11.9 Å². The summed E-state index contributed by atoms with van der Waals surface area (Å²) in [5, 5.41) is 8.67. The van der Waals surface area contributed by atoms with Crippen molar-refractivity contribution in [1.29, 1.82) is 0 Å². The molecule has 1 rings (SSSR count). The number of rotatable bonds is 9. The lowest BCUT2D eigenvalue weighted by Gasteiger charge is -2.24. The Bertz CT molecular complexity index is 506. The van der Waals surface area contributed by atoms with Crippen molar-refractivity contribution in [3.05, 3.63) is 23.8 Å². The van der Waals surface area contributed by atoms with Crippen LogP contribution in [0.4, 0.5) is 0 Å². The van der Waals surface area contributed by atoms with E-state index >= 15 is 0 Å². The molecule has 0 saturated heterocycles. The Morgan fingerprint density at radius 3 is 2.73 bits per heavy atom. The number of ether oxygens (including phenoxy) is 1. The summed E-state index contributed by atoms with van der Waals surface area (Å²) in [7, 11) is -1.12. The SMILES string of the molecule is CCC(C)C(OCC[Si](C)(C)C)c1ncc(/C=C\C(=O)O)[nH]1. The molecule has 0 aromatic carbocycles. The molecule has 0 spiro atoms. The molecule has 0 radical (unpaired) electrons. The molecule has 22 heavy (non-hydrogen) atoms. The standard InChI is InChI=1S/C16H28N2O3Si/c1-6-12(2)15(21-9-10-22(3,4)5)16-17-11-13(18-16)7-8-14(19)20/h7-8,11-12,15H,6,9-10H2,1-5H3,(H,17,18)(H,19,20)/b8-7-. The normalized spacial score (nSPS) is 15.1. The van der Waals surface area contributed by atoms with Crippen LogP contribution >= 0.6 is 0 Å². The number of aromatic nitrogens is 2. The Kier molecular flexibility index (Phi) is 7.02. The number of nitrogens with one attached hydrogen (secondary N) is 1. The molecule has 124 valence electrons. The summed E-state index contributed by atoms with van der Waals surface area (Å²) < 4.78 is 6.10. The van der Waals surface area contributed by atoms with Crippen molar-refractivity contribution in [3.8, 4) is 0 Å². The quantitative estimate of drug-likeness (QED) is 0.533. The van der Waals surface area contributed by atoms with E-state index in [4.69, 9.17) is 9.84 Å². The molecule has 0 amide bonds. The van der Waals surface area contributed by atoms with Crippen molar-refractivity contribution in [2.45, 2.75) is 52.1 Å². The van der Waals surface area contributed by atoms with Gasteiger partial charge in [0.15, 0.2) is 0 Å². The van der Waals surface area contributed by atoms with Crippen LogP contribution in [0.25, 0.3) is 6.08 Å². The molecule has 6 heteroatoms. The third kappa shape index (κ3) is 6.57. The molecule has 0 aliphatic carbocycles. The van der Waals surface area contributed by atoms with E-state index in [-0.39, 0.29) is 6.10 Å². The molecule has 1 aromatic rings. The average Bonchev–Trinajstić information content (AvgIpc) is 2.88. The van der Waals surface area contributed by atoms with Gasteiger partial charge in [-0.05, 0) is 18.0 Å². The van der Waals surface area contributed by atoms with Gasteiger partial charge in [0.05, 0.1) is 11.9 Å². The largest absolute Gasteiger partial charge is 0.478 e. The Balaban J connectivity index is 2.77. The van der Waals surface area contributed by atoms with Crippen LogP contribution < -0.4 is 0 Å². The van der Waals surface area contributed by atoms with E-state index in [0.717, 1.165) is 31.0 Å². The summed E-state index contributed by atoms with van der Waals surface area (Å²) >= 11 is 0. The van der Waals surface area contributed by atoms with Gasteiger partial charge in [0, 0.05) is 20.8 Å². The van der Waals surface area contributed by atoms with Crippen LogP contribution in [0.1, 0.15) is 37.9 Å². The van der Waals surface area contributed by atoms with Gasteiger partial charge >= 0.3 is 5.97 Å². The van der Waals surface area contributed by atoms with Crippen LogP contribution in [-0.2, 0) is 9.53 Å². The fourth-order valence-electron chi connectivity index (χ4n) is 1.96. The first-order valence-electron chi connectivity index (χ1n) is 7.80. The van der Waals surface area contributed by atoms with Gasteiger partial charge in [-0.3, -0.25) is 0 Å². The van der Waals surface area contributed by atoms with Gasteiger partial charge in [0.25, 0.3) is 0 Å². The van der Waals surface area contributed by atoms with Crippen molar-refractivity contribution in [3.63, 3.8) is 0 Å². The minimum atomic E-state index is -1.12. The second-order valence-corrected chi connectivity index (χ2v) is 12.5. The van der Waals surface area contributed by atoms with Gasteiger partial charge in [-0.1, -0.05) is 39.9 Å². The lowest BCUT2D eigenvalue weighted by molar-refractivity contribution is -0.131. The highest BCUT2D eigenvalue weighted by Crippen LogP contribution is 2.27. The van der Waals surface area contributed by atoms with Gasteiger partial charge in [-0.2, -0.15) is 0 Å². The fraction of sp³-hybridized carbons (Fsp3) is 0.625. The zero-order valence-electron chi connectivity index (χ0n) is 14.2. The maximum absolute atomic E-state index is 10.6. The number of imidazole rings is 1. The maximum Gasteiger partial charge on any atom is 0.328 e. The molecule has 1 heterocycles. The van der Waals surface area contributed by atoms with Crippen molar-refractivity contribution in [1.82, 2.24) is 9.97 Å². The summed E-state index contributed by atoms with van der Waals surface area (Å²) in [6.45, 7) is 12.0. The predicted molar refractivity (Wildman–Crippen MR) is 91.6 cm³/mol. The highest BCUT2D eigenvalue weighted by molar-refractivity contribution is 6.76. The topological polar surface area (TPSA) is 75.2 Å². The molecule has 0 aliphatic rings. The maximum atomic E-state index is 10.6. The van der Waals surface area contributed by atoms with Crippen LogP contribution in [0.2, 0.25) is 25.7 Å². The lowest BCUT2D eigenvalue weighted by Crippen LogP contribution is -2.24. The number of nitrogens with zero attached hydrogens (tertiary/aromatic N) is 1. The highest BCUT2D eigenvalue weighted by atomic mass is 28.3. The molecule has 0 saturated carbocycles. The van der Waals surface area contributed by atoms with Gasteiger partial charge in [-0.15, -0.1) is 0 Å². The van der Waals surface area contributed by atoms with E-state index in [1.165, 1.54) is 6.08 Å². The monoisotopic (exact) mass is 324 g/mol. The number of carbonyl (C=O) groups is 1. The van der Waals surface area contributed by atoms with E-state index in [0.29, 0.717) is 11.6 Å². The smallest absolute Gasteiger partial charge is 0.328 e. The molecule has 0 fully saturated rings. The third-order valence-electron chi connectivity index (χ3n) is 3.60. The van der Waals surface area contributed by atoms with Crippen LogP contribution in [0.5, 0.6) is 0 Å². The van der Waals surface area contributed by atoms with Crippen LogP contribution in [0, 0.1) is 5.92 Å². The minimum Gasteiger partial charge on any atom is -0.478 e. The molecule has 0 aliphatic heterocycles. The number of H-pyrrole nitrogens is 1. The summed E-state index contributed by atoms with van der Waals surface area (Å²) in [4.78, 5) is 18.1. The molecule has 2 N–H and O–H groups in total. The predicted octanol–water partition coefficient (Wildman–Crippen LogP) is 3.95. The summed E-state index contributed by atoms with van der Waals surface area (Å²) in [6, 6.07) is 1.12. The fourth-order valence-corrected chi connectivity index (χ4v) is 2.69. The molecular weight excluding hydrogens is 296 g/mol. The van der Waals surface area contributed by atoms with Crippen molar-refractivity contribution in [2.75, 3.05) is 6.61 Å².